The van der Waals surface area contributed by atoms with Crippen molar-refractivity contribution in [2.45, 2.75) is 19.3 Å². The monoisotopic (exact) mass is 110 g/mol. The van der Waals surface area contributed by atoms with Gasteiger partial charge in [0, 0.05) is 5.92 Å². The summed E-state index contributed by atoms with van der Waals surface area (Å²) in [4.78, 5) is 0. The van der Waals surface area contributed by atoms with Crippen LogP contribution in [-0.4, -0.2) is 5.11 Å². The lowest BCUT2D eigenvalue weighted by Crippen LogP contribution is -1.94. The number of hydrogen-bond acceptors (Lipinski definition) is 1. The third kappa shape index (κ3) is 0.417. The van der Waals surface area contributed by atoms with Crippen LogP contribution in [0.3, 0.4) is 0 Å². The van der Waals surface area contributed by atoms with Crippen molar-refractivity contribution in [2.24, 2.45) is 11.8 Å². The zero-order valence-electron chi connectivity index (χ0n) is 4.80. The molecule has 1 heteroatoms. The Morgan fingerprint density at radius 3 is 2.62 bits per heavy atom. The Morgan fingerprint density at radius 2 is 2.38 bits per heavy atom. The second-order valence-electron chi connectivity index (χ2n) is 2.86. The molecule has 8 heavy (non-hydrogen) atoms. The maximum absolute atomic E-state index is 9.08. The molecule has 0 saturated heterocycles. The number of hydrogen-bond donors (Lipinski definition) is 1. The molecule has 0 aromatic carbocycles. The summed E-state index contributed by atoms with van der Waals surface area (Å²) in [5.41, 5.74) is 0. The first kappa shape index (κ1) is 4.42. The summed E-state index contributed by atoms with van der Waals surface area (Å²) in [5, 5.41) is 9.08. The van der Waals surface area contributed by atoms with E-state index in [1.807, 2.05) is 6.08 Å². The van der Waals surface area contributed by atoms with Gasteiger partial charge in [0.25, 0.3) is 0 Å². The lowest BCUT2D eigenvalue weighted by molar-refractivity contribution is 0.339. The maximum atomic E-state index is 9.08. The first-order chi connectivity index (χ1) is 3.86. The van der Waals surface area contributed by atoms with Crippen LogP contribution in [-0.2, 0) is 0 Å². The molecule has 1 nitrogen and oxygen atoms in total. The normalized spacial score (nSPS) is 42.8. The van der Waals surface area contributed by atoms with Crippen LogP contribution in [0.4, 0.5) is 0 Å². The van der Waals surface area contributed by atoms with Crippen LogP contribution in [0.1, 0.15) is 19.3 Å². The van der Waals surface area contributed by atoms with Gasteiger partial charge in [0.2, 0.25) is 0 Å². The van der Waals surface area contributed by atoms with E-state index in [0.29, 0.717) is 11.7 Å². The fourth-order valence-electron chi connectivity index (χ4n) is 1.81. The van der Waals surface area contributed by atoms with Gasteiger partial charge in [0.05, 0.1) is 5.76 Å². The zero-order valence-corrected chi connectivity index (χ0v) is 4.80. The molecule has 1 unspecified atom stereocenters. The molecule has 2 rings (SSSR count). The van der Waals surface area contributed by atoms with Gasteiger partial charge in [0.1, 0.15) is 0 Å². The molecule has 44 valence electrons. The van der Waals surface area contributed by atoms with E-state index in [4.69, 9.17) is 5.11 Å². The van der Waals surface area contributed by atoms with Crippen molar-refractivity contribution in [1.82, 2.24) is 0 Å². The van der Waals surface area contributed by atoms with Crippen molar-refractivity contribution in [2.75, 3.05) is 0 Å². The van der Waals surface area contributed by atoms with Gasteiger partial charge in [-0.25, -0.2) is 0 Å². The predicted octanol–water partition coefficient (Wildman–Crippen LogP) is 1.86. The molecule has 0 amide bonds. The largest absolute Gasteiger partial charge is 0.512 e. The average Bonchev–Trinajstić information content (AvgIpc) is 2.23. The number of aliphatic hydroxyl groups excluding tert-OH is 1. The van der Waals surface area contributed by atoms with Gasteiger partial charge in [-0.2, -0.15) is 0 Å². The van der Waals surface area contributed by atoms with Gasteiger partial charge in [-0.15, -0.1) is 0 Å². The molecule has 2 aliphatic carbocycles. The highest BCUT2D eigenvalue weighted by Crippen LogP contribution is 2.42. The van der Waals surface area contributed by atoms with E-state index in [1.165, 1.54) is 19.3 Å². The second-order valence-corrected chi connectivity index (χ2v) is 2.86. The van der Waals surface area contributed by atoms with Gasteiger partial charge in [-0.3, -0.25) is 0 Å². The smallest absolute Gasteiger partial charge is 0.0916 e. The molecule has 0 heterocycles. The fourth-order valence-corrected chi connectivity index (χ4v) is 1.81. The Bertz CT molecular complexity index is 137. The Morgan fingerprint density at radius 1 is 1.50 bits per heavy atom. The quantitative estimate of drug-likeness (QED) is 0.504. The van der Waals surface area contributed by atoms with E-state index in [1.54, 1.807) is 0 Å². The minimum atomic E-state index is 0.556. The van der Waals surface area contributed by atoms with E-state index in [0.717, 1.165) is 5.92 Å². The van der Waals surface area contributed by atoms with Crippen molar-refractivity contribution in [3.63, 3.8) is 0 Å². The molecule has 0 spiro atoms. The fraction of sp³-hybridized carbons (Fsp3) is 0.714. The summed E-state index contributed by atoms with van der Waals surface area (Å²) >= 11 is 0. The summed E-state index contributed by atoms with van der Waals surface area (Å²) in [6.45, 7) is 0. The third-order valence-electron chi connectivity index (χ3n) is 2.30. The van der Waals surface area contributed by atoms with Gasteiger partial charge < -0.3 is 5.11 Å². The molecule has 2 atom stereocenters. The van der Waals surface area contributed by atoms with Gasteiger partial charge in [-0.05, 0) is 31.3 Å². The van der Waals surface area contributed by atoms with Crippen LogP contribution in [0, 0.1) is 11.8 Å². The molecule has 2 bridgehead atoms. The Hall–Kier alpha value is -0.460. The Kier molecular flexibility index (Phi) is 0.706. The van der Waals surface area contributed by atoms with Crippen molar-refractivity contribution in [3.8, 4) is 0 Å². The first-order valence-electron chi connectivity index (χ1n) is 3.27. The topological polar surface area (TPSA) is 20.2 Å². The van der Waals surface area contributed by atoms with Crippen LogP contribution >= 0.6 is 0 Å². The lowest BCUT2D eigenvalue weighted by atomic mass is 10.1. The highest BCUT2D eigenvalue weighted by atomic mass is 16.3. The van der Waals surface area contributed by atoms with Gasteiger partial charge in [-0.1, -0.05) is 0 Å². The minimum Gasteiger partial charge on any atom is -0.512 e. The van der Waals surface area contributed by atoms with Crippen LogP contribution in [0.15, 0.2) is 11.8 Å². The summed E-state index contributed by atoms with van der Waals surface area (Å²) in [5.74, 6) is 1.96. The number of fused-ring (bicyclic) bond motifs is 2. The highest BCUT2D eigenvalue weighted by molar-refractivity contribution is 5.12. The van der Waals surface area contributed by atoms with Gasteiger partial charge >= 0.3 is 0 Å². The molecule has 0 aliphatic heterocycles. The number of allylic oxidation sites excluding steroid dienone is 2. The van der Waals surface area contributed by atoms with Crippen molar-refractivity contribution in [1.29, 1.82) is 0 Å². The molecule has 0 aromatic rings. The van der Waals surface area contributed by atoms with E-state index in [2.05, 4.69) is 0 Å². The zero-order chi connectivity index (χ0) is 5.56. The van der Waals surface area contributed by atoms with E-state index in [-0.39, 0.29) is 0 Å². The van der Waals surface area contributed by atoms with Crippen LogP contribution in [0.25, 0.3) is 0 Å². The molecular weight excluding hydrogens is 100 g/mol. The van der Waals surface area contributed by atoms with Crippen LogP contribution in [0.5, 0.6) is 0 Å². The maximum Gasteiger partial charge on any atom is 0.0916 e. The Labute approximate surface area is 49.0 Å². The van der Waals surface area contributed by atoms with Crippen LogP contribution < -0.4 is 0 Å². The average molecular weight is 110 g/mol. The second kappa shape index (κ2) is 1.28. The lowest BCUT2D eigenvalue weighted by Gasteiger charge is -2.04. The summed E-state index contributed by atoms with van der Waals surface area (Å²) in [6.07, 6.45) is 5.79. The molecule has 0 radical (unpaired) electrons. The van der Waals surface area contributed by atoms with E-state index < -0.39 is 0 Å². The van der Waals surface area contributed by atoms with E-state index >= 15 is 0 Å². The van der Waals surface area contributed by atoms with E-state index in [9.17, 15) is 0 Å². The minimum absolute atomic E-state index is 0.556. The predicted molar refractivity (Wildman–Crippen MR) is 31.5 cm³/mol. The molecule has 1 saturated carbocycles. The van der Waals surface area contributed by atoms with Crippen molar-refractivity contribution < 1.29 is 5.11 Å². The number of aliphatic hydroxyl groups is 1. The molecular formula is C7H10O. The summed E-state index contributed by atoms with van der Waals surface area (Å²) in [6, 6.07) is 0. The summed E-state index contributed by atoms with van der Waals surface area (Å²) in [7, 11) is 0. The van der Waals surface area contributed by atoms with Crippen molar-refractivity contribution in [3.05, 3.63) is 11.8 Å². The molecule has 2 aliphatic rings. The van der Waals surface area contributed by atoms with Crippen LogP contribution in [0.2, 0.25) is 0 Å². The third-order valence-corrected chi connectivity index (χ3v) is 2.30. The number of rotatable bonds is 0. The first-order valence-corrected chi connectivity index (χ1v) is 3.27. The highest BCUT2D eigenvalue weighted by Gasteiger charge is 2.32. The van der Waals surface area contributed by atoms with Gasteiger partial charge in [0.15, 0.2) is 0 Å². The molecule has 1 N–H and O–H groups in total. The molecule has 1 fully saturated rings. The summed E-state index contributed by atoms with van der Waals surface area (Å²) < 4.78 is 0. The molecule has 0 aromatic heterocycles. The van der Waals surface area contributed by atoms with Crippen molar-refractivity contribution >= 4 is 0 Å². The SMILES string of the molecule is OC1=CC2CC[C@@H]1C2. The Balaban J connectivity index is 2.29. The standard InChI is InChI=1S/C7H10O/c8-7-4-5-1-2-6(7)3-5/h4-6,8H,1-3H2/t5?,6-/m1/s1.